The Morgan fingerprint density at radius 2 is 1.88 bits per heavy atom. The summed E-state index contributed by atoms with van der Waals surface area (Å²) in [5, 5.41) is 5.79. The number of nitrogens with zero attached hydrogens (tertiary/aromatic N) is 3. The van der Waals surface area contributed by atoms with Gasteiger partial charge in [-0.3, -0.25) is 9.36 Å². The van der Waals surface area contributed by atoms with E-state index in [-0.39, 0.29) is 25.6 Å². The van der Waals surface area contributed by atoms with E-state index >= 15 is 0 Å². The van der Waals surface area contributed by atoms with Gasteiger partial charge in [0, 0.05) is 12.7 Å². The first-order valence-electron chi connectivity index (χ1n) is 9.01. The Bertz CT molecular complexity index is 1480. The molecule has 0 fully saturated rings. The molecule has 0 atom stereocenters. The van der Waals surface area contributed by atoms with Crippen LogP contribution in [0.2, 0.25) is 4.34 Å². The average molecular weight is 491 g/mol. The number of benzene rings is 1. The van der Waals surface area contributed by atoms with Crippen LogP contribution in [-0.4, -0.2) is 36.0 Å². The highest BCUT2D eigenvalue weighted by Crippen LogP contribution is 2.25. The molecule has 3 N–H and O–H groups in total. The number of pyridine rings is 1. The number of hydrogen-bond donors (Lipinski definition) is 3. The lowest BCUT2D eigenvalue weighted by molar-refractivity contribution is 0.256. The number of carbonyl (C=O) groups excluding carboxylic acids is 1. The molecule has 0 aliphatic heterocycles. The minimum atomic E-state index is -4.05. The van der Waals surface area contributed by atoms with Crippen LogP contribution in [0.15, 0.2) is 64.0 Å². The maximum absolute atomic E-state index is 12.8. The van der Waals surface area contributed by atoms with Crippen LogP contribution < -0.4 is 20.9 Å². The van der Waals surface area contributed by atoms with Gasteiger partial charge in [-0.1, -0.05) is 11.6 Å². The topological polar surface area (TPSA) is 135 Å². The molecule has 1 aromatic carbocycles. The maximum atomic E-state index is 12.8. The molecular weight excluding hydrogens is 476 g/mol. The Balaban J connectivity index is 1.51. The Kier molecular flexibility index (Phi) is 5.82. The van der Waals surface area contributed by atoms with Gasteiger partial charge in [-0.05, 0) is 42.5 Å². The summed E-state index contributed by atoms with van der Waals surface area (Å²) in [6.45, 7) is 0. The van der Waals surface area contributed by atoms with Crippen molar-refractivity contribution >= 4 is 61.3 Å². The highest BCUT2D eigenvalue weighted by atomic mass is 35.5. The molecule has 3 heterocycles. The maximum Gasteiger partial charge on any atom is 0.333 e. The molecule has 0 bridgehead atoms. The number of sulfonamides is 1. The Labute approximate surface area is 191 Å². The first kappa shape index (κ1) is 21.7. The number of rotatable bonds is 5. The number of amides is 2. The highest BCUT2D eigenvalue weighted by molar-refractivity contribution is 7.92. The molecule has 0 aliphatic carbocycles. The summed E-state index contributed by atoms with van der Waals surface area (Å²) >= 11 is 6.57. The van der Waals surface area contributed by atoms with E-state index in [1.807, 2.05) is 4.72 Å². The Morgan fingerprint density at radius 3 is 2.53 bits per heavy atom. The smallest absolute Gasteiger partial charge is 0.333 e. The summed E-state index contributed by atoms with van der Waals surface area (Å²) in [5.74, 6) is 0.286. The number of urea groups is 1. The van der Waals surface area contributed by atoms with E-state index in [2.05, 4.69) is 20.6 Å². The summed E-state index contributed by atoms with van der Waals surface area (Å²) in [6.07, 6.45) is 2.66. The van der Waals surface area contributed by atoms with E-state index in [1.165, 1.54) is 41.4 Å². The van der Waals surface area contributed by atoms with Crippen molar-refractivity contribution in [3.63, 3.8) is 0 Å². The third kappa shape index (κ3) is 4.42. The molecule has 0 radical (unpaired) electrons. The van der Waals surface area contributed by atoms with Crippen molar-refractivity contribution in [2.24, 2.45) is 0 Å². The van der Waals surface area contributed by atoms with Crippen molar-refractivity contribution in [2.75, 3.05) is 17.7 Å². The standard InChI is InChI=1S/C19H15ClN6O4S2/c1-21-11-2-4-13-14(8-11)23-10-26(18(13)27)16-6-3-12(9-22-16)24-19(28)25-32(29,30)17-7-5-15(20)31-17/h2-10,21H,1H3,(H2,24,25,28). The van der Waals surface area contributed by atoms with Gasteiger partial charge in [-0.25, -0.2) is 27.9 Å². The van der Waals surface area contributed by atoms with Crippen molar-refractivity contribution in [1.82, 2.24) is 19.3 Å². The molecule has 3 aromatic heterocycles. The van der Waals surface area contributed by atoms with E-state index < -0.39 is 16.1 Å². The van der Waals surface area contributed by atoms with Crippen molar-refractivity contribution < 1.29 is 13.2 Å². The van der Waals surface area contributed by atoms with Crippen molar-refractivity contribution in [2.45, 2.75) is 4.21 Å². The van der Waals surface area contributed by atoms with Crippen molar-refractivity contribution in [3.05, 3.63) is 69.7 Å². The summed E-state index contributed by atoms with van der Waals surface area (Å²) < 4.78 is 27.7. The van der Waals surface area contributed by atoms with Gasteiger partial charge in [-0.15, -0.1) is 11.3 Å². The minimum Gasteiger partial charge on any atom is -0.388 e. The normalized spacial score (nSPS) is 11.3. The zero-order valence-electron chi connectivity index (χ0n) is 16.4. The first-order valence-corrected chi connectivity index (χ1v) is 11.7. The molecule has 10 nitrogen and oxygen atoms in total. The van der Waals surface area contributed by atoms with E-state index in [0.717, 1.165) is 17.0 Å². The van der Waals surface area contributed by atoms with E-state index in [9.17, 15) is 18.0 Å². The molecule has 0 spiro atoms. The van der Waals surface area contributed by atoms with Crippen LogP contribution >= 0.6 is 22.9 Å². The Morgan fingerprint density at radius 1 is 1.09 bits per heavy atom. The number of hydrogen-bond acceptors (Lipinski definition) is 8. The lowest BCUT2D eigenvalue weighted by atomic mass is 10.2. The van der Waals surface area contributed by atoms with E-state index in [0.29, 0.717) is 10.9 Å². The molecule has 0 unspecified atom stereocenters. The molecule has 164 valence electrons. The summed E-state index contributed by atoms with van der Waals surface area (Å²) in [5.41, 5.74) is 1.30. The molecule has 0 saturated carbocycles. The fraction of sp³-hybridized carbons (Fsp3) is 0.0526. The number of nitrogens with one attached hydrogen (secondary N) is 3. The molecule has 0 aliphatic rings. The zero-order chi connectivity index (χ0) is 22.9. The number of aromatic nitrogens is 3. The van der Waals surface area contributed by atoms with Crippen LogP contribution in [-0.2, 0) is 10.0 Å². The summed E-state index contributed by atoms with van der Waals surface area (Å²) in [4.78, 5) is 33.3. The lowest BCUT2D eigenvalue weighted by Crippen LogP contribution is -2.34. The molecule has 32 heavy (non-hydrogen) atoms. The van der Waals surface area contributed by atoms with E-state index in [1.54, 1.807) is 25.2 Å². The van der Waals surface area contributed by atoms with Gasteiger partial charge in [-0.2, -0.15) is 0 Å². The monoisotopic (exact) mass is 490 g/mol. The second kappa shape index (κ2) is 8.57. The second-order valence-electron chi connectivity index (χ2n) is 6.42. The number of halogens is 1. The first-order chi connectivity index (χ1) is 15.3. The average Bonchev–Trinajstić information content (AvgIpc) is 3.21. The van der Waals surface area contributed by atoms with Gasteiger partial charge < -0.3 is 10.6 Å². The van der Waals surface area contributed by atoms with Crippen LogP contribution in [0.5, 0.6) is 0 Å². The van der Waals surface area contributed by atoms with Crippen molar-refractivity contribution in [1.29, 1.82) is 0 Å². The van der Waals surface area contributed by atoms with Gasteiger partial charge >= 0.3 is 6.03 Å². The van der Waals surface area contributed by atoms with Crippen LogP contribution in [0.4, 0.5) is 16.2 Å². The summed E-state index contributed by atoms with van der Waals surface area (Å²) in [6, 6.07) is 9.95. The van der Waals surface area contributed by atoms with Crippen LogP contribution in [0, 0.1) is 0 Å². The third-order valence-electron chi connectivity index (χ3n) is 4.34. The van der Waals surface area contributed by atoms with Crippen LogP contribution in [0.25, 0.3) is 16.7 Å². The largest absolute Gasteiger partial charge is 0.388 e. The molecule has 4 aromatic rings. The van der Waals surface area contributed by atoms with Gasteiger partial charge in [0.05, 0.1) is 27.1 Å². The van der Waals surface area contributed by atoms with Crippen LogP contribution in [0.3, 0.4) is 0 Å². The second-order valence-corrected chi connectivity index (χ2v) is 10.0. The molecular formula is C19H15ClN6O4S2. The third-order valence-corrected chi connectivity index (χ3v) is 7.39. The van der Waals surface area contributed by atoms with Gasteiger partial charge in [0.15, 0.2) is 0 Å². The predicted octanol–water partition coefficient (Wildman–Crippen LogP) is 3.05. The lowest BCUT2D eigenvalue weighted by Gasteiger charge is -2.09. The highest BCUT2D eigenvalue weighted by Gasteiger charge is 2.20. The fourth-order valence-corrected chi connectivity index (χ4v) is 5.20. The SMILES string of the molecule is CNc1ccc2c(=O)n(-c3ccc(NC(=O)NS(=O)(=O)c4ccc(Cl)s4)cn3)cnc2c1. The van der Waals surface area contributed by atoms with Gasteiger partial charge in [0.25, 0.3) is 15.6 Å². The number of thiophene rings is 1. The number of anilines is 2. The van der Waals surface area contributed by atoms with Gasteiger partial charge in [0.2, 0.25) is 0 Å². The molecule has 4 rings (SSSR count). The quantitative estimate of drug-likeness (QED) is 0.391. The van der Waals surface area contributed by atoms with E-state index in [4.69, 9.17) is 11.6 Å². The van der Waals surface area contributed by atoms with Gasteiger partial charge in [0.1, 0.15) is 16.4 Å². The Hall–Kier alpha value is -3.48. The number of fused-ring (bicyclic) bond motifs is 1. The van der Waals surface area contributed by atoms with Crippen LogP contribution in [0.1, 0.15) is 0 Å². The van der Waals surface area contributed by atoms with Crippen molar-refractivity contribution in [3.8, 4) is 5.82 Å². The molecule has 0 saturated heterocycles. The zero-order valence-corrected chi connectivity index (χ0v) is 18.8. The molecule has 2 amide bonds. The predicted molar refractivity (Wildman–Crippen MR) is 123 cm³/mol. The fourth-order valence-electron chi connectivity index (χ4n) is 2.81. The number of carbonyl (C=O) groups is 1. The minimum absolute atomic E-state index is 0.0869. The molecule has 13 heteroatoms. The summed E-state index contributed by atoms with van der Waals surface area (Å²) in [7, 11) is -2.27.